The molecule has 7 nitrogen and oxygen atoms in total. The Hall–Kier alpha value is -2.10. The molecule has 0 fully saturated rings. The van der Waals surface area contributed by atoms with Gasteiger partial charge in [0, 0.05) is 36.9 Å². The van der Waals surface area contributed by atoms with Crippen molar-refractivity contribution in [3.63, 3.8) is 0 Å². The molecule has 4 rings (SSSR count). The van der Waals surface area contributed by atoms with E-state index in [1.54, 1.807) is 7.05 Å². The van der Waals surface area contributed by atoms with Crippen molar-refractivity contribution in [2.45, 2.75) is 52.2 Å². The minimum absolute atomic E-state index is 0. The zero-order chi connectivity index (χ0) is 18.8. The number of rotatable bonds is 4. The highest BCUT2D eigenvalue weighted by Gasteiger charge is 2.22. The van der Waals surface area contributed by atoms with E-state index < -0.39 is 0 Å². The molecule has 0 aliphatic carbocycles. The van der Waals surface area contributed by atoms with Crippen LogP contribution in [-0.4, -0.2) is 33.8 Å². The quantitative estimate of drug-likeness (QED) is 0.331. The topological polar surface area (TPSA) is 80.3 Å². The molecular weight excluding hydrogens is 467 g/mol. The molecule has 3 aromatic rings. The Kier molecular flexibility index (Phi) is 6.58. The number of nitrogens with one attached hydrogen (secondary N) is 2. The summed E-state index contributed by atoms with van der Waals surface area (Å²) < 4.78 is 8.00. The predicted molar refractivity (Wildman–Crippen MR) is 121 cm³/mol. The van der Waals surface area contributed by atoms with Crippen molar-refractivity contribution in [1.82, 2.24) is 25.4 Å². The molecule has 0 amide bonds. The standard InChI is InChI=1S/C20H26N6O.HI/c1-4-18-24-19-10-9-14(12-26(19)25-18)23-20(21-3)22-11-17-13(2)15-7-5-6-8-16(15)27-17;/h5-8,14H,4,9-12H2,1-3H3,(H2,21,22,23);1H. The fourth-order valence-electron chi connectivity index (χ4n) is 3.57. The summed E-state index contributed by atoms with van der Waals surface area (Å²) >= 11 is 0. The highest BCUT2D eigenvalue weighted by atomic mass is 127. The summed E-state index contributed by atoms with van der Waals surface area (Å²) in [7, 11) is 1.79. The van der Waals surface area contributed by atoms with Crippen LogP contribution in [0.15, 0.2) is 33.7 Å². The number of aliphatic imine (C=N–C) groups is 1. The highest BCUT2D eigenvalue weighted by Crippen LogP contribution is 2.24. The van der Waals surface area contributed by atoms with E-state index in [1.165, 1.54) is 5.56 Å². The summed E-state index contributed by atoms with van der Waals surface area (Å²) in [4.78, 5) is 8.94. The van der Waals surface area contributed by atoms with Crippen molar-refractivity contribution < 1.29 is 4.42 Å². The molecule has 2 aromatic heterocycles. The Balaban J connectivity index is 0.00000225. The van der Waals surface area contributed by atoms with Crippen molar-refractivity contribution in [2.75, 3.05) is 7.05 Å². The predicted octanol–water partition coefficient (Wildman–Crippen LogP) is 3.19. The van der Waals surface area contributed by atoms with Crippen LogP contribution in [0, 0.1) is 6.92 Å². The summed E-state index contributed by atoms with van der Waals surface area (Å²) in [6.07, 6.45) is 2.83. The van der Waals surface area contributed by atoms with E-state index in [1.807, 2.05) is 22.9 Å². The lowest BCUT2D eigenvalue weighted by Gasteiger charge is -2.25. The molecule has 8 heteroatoms. The molecule has 150 valence electrons. The van der Waals surface area contributed by atoms with Gasteiger partial charge in [0.15, 0.2) is 11.8 Å². The van der Waals surface area contributed by atoms with E-state index in [0.29, 0.717) is 6.54 Å². The normalized spacial score (nSPS) is 16.5. The molecule has 2 N–H and O–H groups in total. The molecule has 0 radical (unpaired) electrons. The Labute approximate surface area is 182 Å². The van der Waals surface area contributed by atoms with E-state index in [9.17, 15) is 0 Å². The van der Waals surface area contributed by atoms with Gasteiger partial charge in [0.05, 0.1) is 13.1 Å². The van der Waals surface area contributed by atoms with Crippen LogP contribution in [0.5, 0.6) is 0 Å². The van der Waals surface area contributed by atoms with E-state index in [-0.39, 0.29) is 30.0 Å². The number of hydrogen-bond acceptors (Lipinski definition) is 4. The van der Waals surface area contributed by atoms with Gasteiger partial charge < -0.3 is 15.1 Å². The zero-order valence-corrected chi connectivity index (χ0v) is 18.9. The molecule has 1 aromatic carbocycles. The number of aryl methyl sites for hydroxylation is 3. The highest BCUT2D eigenvalue weighted by molar-refractivity contribution is 14.0. The molecule has 28 heavy (non-hydrogen) atoms. The van der Waals surface area contributed by atoms with Gasteiger partial charge in [-0.2, -0.15) is 5.10 Å². The third kappa shape index (κ3) is 4.16. The molecule has 1 unspecified atom stereocenters. The van der Waals surface area contributed by atoms with Gasteiger partial charge in [-0.3, -0.25) is 4.99 Å². The first-order chi connectivity index (χ1) is 13.2. The van der Waals surface area contributed by atoms with E-state index in [0.717, 1.165) is 60.1 Å². The largest absolute Gasteiger partial charge is 0.459 e. The summed E-state index contributed by atoms with van der Waals surface area (Å²) in [5.41, 5.74) is 2.10. The monoisotopic (exact) mass is 494 g/mol. The Morgan fingerprint density at radius 2 is 2.18 bits per heavy atom. The fraction of sp³-hybridized carbons (Fsp3) is 0.450. The van der Waals surface area contributed by atoms with Crippen LogP contribution in [0.4, 0.5) is 0 Å². The Morgan fingerprint density at radius 3 is 2.93 bits per heavy atom. The lowest BCUT2D eigenvalue weighted by molar-refractivity contribution is 0.391. The van der Waals surface area contributed by atoms with Gasteiger partial charge >= 0.3 is 0 Å². The van der Waals surface area contributed by atoms with Gasteiger partial charge in [-0.05, 0) is 19.4 Å². The lowest BCUT2D eigenvalue weighted by atomic mass is 10.1. The van der Waals surface area contributed by atoms with Crippen LogP contribution >= 0.6 is 24.0 Å². The number of fused-ring (bicyclic) bond motifs is 2. The second kappa shape index (κ2) is 8.93. The summed E-state index contributed by atoms with van der Waals surface area (Å²) in [6.45, 7) is 5.59. The minimum atomic E-state index is 0. The first-order valence-electron chi connectivity index (χ1n) is 9.54. The number of hydrogen-bond donors (Lipinski definition) is 2. The summed E-state index contributed by atoms with van der Waals surface area (Å²) in [5.74, 6) is 3.73. The van der Waals surface area contributed by atoms with Gasteiger partial charge in [-0.1, -0.05) is 25.1 Å². The van der Waals surface area contributed by atoms with Crippen LogP contribution in [0.2, 0.25) is 0 Å². The van der Waals surface area contributed by atoms with Crippen LogP contribution in [0.1, 0.15) is 36.3 Å². The van der Waals surface area contributed by atoms with Crippen molar-refractivity contribution in [1.29, 1.82) is 0 Å². The number of furan rings is 1. The van der Waals surface area contributed by atoms with Crippen molar-refractivity contribution in [3.05, 3.63) is 47.2 Å². The SMILES string of the molecule is CCc1nc2n(n1)CC(NC(=NC)NCc1oc3ccccc3c1C)CC2.I. The molecule has 3 heterocycles. The van der Waals surface area contributed by atoms with Crippen LogP contribution in [-0.2, 0) is 25.9 Å². The summed E-state index contributed by atoms with van der Waals surface area (Å²) in [6, 6.07) is 8.41. The van der Waals surface area contributed by atoms with Gasteiger partial charge in [0.1, 0.15) is 17.2 Å². The van der Waals surface area contributed by atoms with E-state index in [2.05, 4.69) is 45.6 Å². The maximum absolute atomic E-state index is 5.98. The number of para-hydroxylation sites is 1. The number of aromatic nitrogens is 3. The average molecular weight is 494 g/mol. The molecule has 0 saturated heterocycles. The van der Waals surface area contributed by atoms with E-state index >= 15 is 0 Å². The number of guanidine groups is 1. The van der Waals surface area contributed by atoms with Gasteiger partial charge in [0.2, 0.25) is 0 Å². The molecule has 0 bridgehead atoms. The smallest absolute Gasteiger partial charge is 0.191 e. The van der Waals surface area contributed by atoms with Crippen LogP contribution in [0.25, 0.3) is 11.0 Å². The fourth-order valence-corrected chi connectivity index (χ4v) is 3.57. The first-order valence-corrected chi connectivity index (χ1v) is 9.54. The minimum Gasteiger partial charge on any atom is -0.459 e. The number of nitrogens with zero attached hydrogens (tertiary/aromatic N) is 4. The summed E-state index contributed by atoms with van der Waals surface area (Å²) in [5, 5.41) is 12.6. The zero-order valence-electron chi connectivity index (χ0n) is 16.5. The van der Waals surface area contributed by atoms with Gasteiger partial charge in [0.25, 0.3) is 0 Å². The Bertz CT molecular complexity index is 976. The molecular formula is C20H27IN6O. The maximum Gasteiger partial charge on any atom is 0.191 e. The van der Waals surface area contributed by atoms with Crippen LogP contribution < -0.4 is 10.6 Å². The molecule has 1 atom stereocenters. The third-order valence-electron chi connectivity index (χ3n) is 5.14. The van der Waals surface area contributed by atoms with Crippen molar-refractivity contribution in [3.8, 4) is 0 Å². The molecule has 0 spiro atoms. The van der Waals surface area contributed by atoms with E-state index in [4.69, 9.17) is 4.42 Å². The molecule has 0 saturated carbocycles. The second-order valence-electron chi connectivity index (χ2n) is 6.93. The third-order valence-corrected chi connectivity index (χ3v) is 5.14. The van der Waals surface area contributed by atoms with Crippen molar-refractivity contribution >= 4 is 40.9 Å². The lowest BCUT2D eigenvalue weighted by Crippen LogP contribution is -2.46. The number of halogens is 1. The van der Waals surface area contributed by atoms with Gasteiger partial charge in [-0.25, -0.2) is 9.67 Å². The maximum atomic E-state index is 5.98. The first kappa shape index (κ1) is 20.6. The second-order valence-corrected chi connectivity index (χ2v) is 6.93. The Morgan fingerprint density at radius 1 is 1.36 bits per heavy atom. The molecule has 1 aliphatic heterocycles. The van der Waals surface area contributed by atoms with Crippen molar-refractivity contribution in [2.24, 2.45) is 4.99 Å². The molecule has 1 aliphatic rings. The van der Waals surface area contributed by atoms with Gasteiger partial charge in [-0.15, -0.1) is 24.0 Å². The van der Waals surface area contributed by atoms with Crippen LogP contribution in [0.3, 0.4) is 0 Å². The average Bonchev–Trinajstić information content (AvgIpc) is 3.25. The number of benzene rings is 1.